The second kappa shape index (κ2) is 7.16. The first-order valence-corrected chi connectivity index (χ1v) is 6.89. The van der Waals surface area contributed by atoms with Crippen LogP contribution in [0.25, 0.3) is 0 Å². The minimum absolute atomic E-state index is 0.00910. The molecule has 1 amide bonds. The zero-order chi connectivity index (χ0) is 16.0. The van der Waals surface area contributed by atoms with E-state index in [4.69, 9.17) is 5.11 Å². The maximum Gasteiger partial charge on any atom is 0.327 e. The third kappa shape index (κ3) is 5.90. The van der Waals surface area contributed by atoms with Gasteiger partial charge in [0.1, 0.15) is 11.7 Å². The average Bonchev–Trinajstić information content (AvgIpc) is 2.41. The van der Waals surface area contributed by atoms with Crippen molar-refractivity contribution in [2.45, 2.75) is 32.4 Å². The van der Waals surface area contributed by atoms with Crippen molar-refractivity contribution in [2.24, 2.45) is 4.99 Å². The summed E-state index contributed by atoms with van der Waals surface area (Å²) in [4.78, 5) is 26.9. The van der Waals surface area contributed by atoms with Gasteiger partial charge in [0.15, 0.2) is 5.69 Å². The lowest BCUT2D eigenvalue weighted by molar-refractivity contribution is -0.138. The minimum Gasteiger partial charge on any atom is -0.480 e. The van der Waals surface area contributed by atoms with Crippen LogP contribution in [0.1, 0.15) is 37.0 Å². The van der Waals surface area contributed by atoms with Crippen LogP contribution >= 0.6 is 12.6 Å². The molecule has 1 aromatic heterocycles. The van der Waals surface area contributed by atoms with Gasteiger partial charge in [-0.1, -0.05) is 0 Å². The number of carbonyl (C=O) groups excluding carboxylic acids is 1. The minimum atomic E-state index is -1.15. The molecule has 0 radical (unpaired) electrons. The average molecular weight is 310 g/mol. The predicted molar refractivity (Wildman–Crippen MR) is 82.1 cm³/mol. The summed E-state index contributed by atoms with van der Waals surface area (Å²) in [5.74, 6) is -1.77. The zero-order valence-corrected chi connectivity index (χ0v) is 13.0. The van der Waals surface area contributed by atoms with Gasteiger partial charge in [0.25, 0.3) is 5.91 Å². The Hall–Kier alpha value is -1.96. The molecule has 0 bridgehead atoms. The molecular formula is C13H18N4O3S. The normalized spacial score (nSPS) is 13.1. The Morgan fingerprint density at radius 3 is 2.52 bits per heavy atom. The standard InChI is InChI=1S/C13H18N4O3S/c1-13(2,3)14-6-8-4-5-9(17-16-8)11(18)15-10(7-21)12(19)20/h4-6,10,21H,7H2,1-3H3,(H,15,18)(H,19,20)/b14-6-. The first kappa shape index (κ1) is 17.1. The van der Waals surface area contributed by atoms with E-state index in [1.807, 2.05) is 20.8 Å². The summed E-state index contributed by atoms with van der Waals surface area (Å²) in [7, 11) is 0. The summed E-state index contributed by atoms with van der Waals surface area (Å²) in [6, 6.07) is 1.99. The number of aliphatic carboxylic acids is 1. The van der Waals surface area contributed by atoms with Crippen LogP contribution in [0, 0.1) is 0 Å². The highest BCUT2D eigenvalue weighted by Gasteiger charge is 2.19. The number of nitrogens with zero attached hydrogens (tertiary/aromatic N) is 3. The molecule has 1 atom stereocenters. The van der Waals surface area contributed by atoms with E-state index < -0.39 is 17.9 Å². The number of aliphatic imine (C=N–C) groups is 1. The largest absolute Gasteiger partial charge is 0.480 e. The molecule has 1 unspecified atom stereocenters. The smallest absolute Gasteiger partial charge is 0.327 e. The third-order valence-corrected chi connectivity index (χ3v) is 2.65. The van der Waals surface area contributed by atoms with Gasteiger partial charge in [-0.25, -0.2) is 4.79 Å². The Kier molecular flexibility index (Phi) is 5.83. The topological polar surface area (TPSA) is 105 Å². The number of hydrogen-bond acceptors (Lipinski definition) is 6. The van der Waals surface area contributed by atoms with Gasteiger partial charge in [-0.15, -0.1) is 10.2 Å². The first-order valence-electron chi connectivity index (χ1n) is 6.26. The summed E-state index contributed by atoms with van der Waals surface area (Å²) < 4.78 is 0. The number of hydrogen-bond donors (Lipinski definition) is 3. The molecule has 0 saturated heterocycles. The van der Waals surface area contributed by atoms with Gasteiger partial charge in [-0.3, -0.25) is 9.79 Å². The van der Waals surface area contributed by atoms with Crippen molar-refractivity contribution >= 4 is 30.7 Å². The van der Waals surface area contributed by atoms with Crippen LogP contribution in [0.4, 0.5) is 0 Å². The molecule has 1 rings (SSSR count). The van der Waals surface area contributed by atoms with Gasteiger partial charge in [0.05, 0.1) is 5.54 Å². The van der Waals surface area contributed by atoms with Crippen LogP contribution < -0.4 is 5.32 Å². The summed E-state index contributed by atoms with van der Waals surface area (Å²) in [5, 5.41) is 18.8. The number of carboxylic acids is 1. The molecule has 0 aliphatic heterocycles. The second-order valence-electron chi connectivity index (χ2n) is 5.32. The summed E-state index contributed by atoms with van der Waals surface area (Å²) in [5.41, 5.74) is 0.334. The van der Waals surface area contributed by atoms with Crippen molar-refractivity contribution in [1.82, 2.24) is 15.5 Å². The Bertz CT molecular complexity index is 537. The molecule has 2 N–H and O–H groups in total. The Morgan fingerprint density at radius 2 is 2.10 bits per heavy atom. The summed E-state index contributed by atoms with van der Waals surface area (Å²) >= 11 is 3.86. The first-order chi connectivity index (χ1) is 9.73. The lowest BCUT2D eigenvalue weighted by Crippen LogP contribution is -2.42. The fraction of sp³-hybridized carbons (Fsp3) is 0.462. The number of amides is 1. The van der Waals surface area contributed by atoms with Gasteiger partial charge >= 0.3 is 5.97 Å². The maximum absolute atomic E-state index is 11.8. The molecule has 114 valence electrons. The van der Waals surface area contributed by atoms with Gasteiger partial charge in [0, 0.05) is 12.0 Å². The molecule has 21 heavy (non-hydrogen) atoms. The van der Waals surface area contributed by atoms with Crippen LogP contribution in [0.2, 0.25) is 0 Å². The Labute approximate surface area is 128 Å². The van der Waals surface area contributed by atoms with Gasteiger partial charge in [-0.05, 0) is 32.9 Å². The molecule has 0 aromatic carbocycles. The Morgan fingerprint density at radius 1 is 1.43 bits per heavy atom. The van der Waals surface area contributed by atoms with E-state index in [0.717, 1.165) is 0 Å². The monoisotopic (exact) mass is 310 g/mol. The molecule has 8 heteroatoms. The molecular weight excluding hydrogens is 292 g/mol. The van der Waals surface area contributed by atoms with Crippen molar-refractivity contribution in [3.8, 4) is 0 Å². The molecule has 1 heterocycles. The number of carbonyl (C=O) groups is 2. The van der Waals surface area contributed by atoms with E-state index in [1.165, 1.54) is 6.07 Å². The highest BCUT2D eigenvalue weighted by Crippen LogP contribution is 2.06. The quantitative estimate of drug-likeness (QED) is 0.551. The van der Waals surface area contributed by atoms with E-state index in [9.17, 15) is 9.59 Å². The van der Waals surface area contributed by atoms with Crippen molar-refractivity contribution in [2.75, 3.05) is 5.75 Å². The van der Waals surface area contributed by atoms with E-state index in [-0.39, 0.29) is 17.0 Å². The van der Waals surface area contributed by atoms with E-state index in [1.54, 1.807) is 12.3 Å². The fourth-order valence-corrected chi connectivity index (χ4v) is 1.46. The van der Waals surface area contributed by atoms with Crippen LogP contribution in [-0.4, -0.2) is 50.7 Å². The predicted octanol–water partition coefficient (Wildman–Crippen LogP) is 0.807. The number of aromatic nitrogens is 2. The molecule has 0 fully saturated rings. The highest BCUT2D eigenvalue weighted by molar-refractivity contribution is 7.80. The van der Waals surface area contributed by atoms with Crippen molar-refractivity contribution in [3.63, 3.8) is 0 Å². The van der Waals surface area contributed by atoms with Crippen LogP contribution in [0.15, 0.2) is 17.1 Å². The summed E-state index contributed by atoms with van der Waals surface area (Å²) in [6.45, 7) is 5.84. The molecule has 7 nitrogen and oxygen atoms in total. The number of rotatable bonds is 5. The number of carboxylic acid groups (broad SMARTS) is 1. The molecule has 0 aliphatic rings. The molecule has 1 aromatic rings. The summed E-state index contributed by atoms with van der Waals surface area (Å²) in [6.07, 6.45) is 1.57. The van der Waals surface area contributed by atoms with E-state index in [0.29, 0.717) is 5.69 Å². The third-order valence-electron chi connectivity index (χ3n) is 2.29. The van der Waals surface area contributed by atoms with Gasteiger partial charge in [-0.2, -0.15) is 12.6 Å². The molecule has 0 aliphatic carbocycles. The van der Waals surface area contributed by atoms with E-state index >= 15 is 0 Å². The molecule has 0 saturated carbocycles. The molecule has 0 spiro atoms. The van der Waals surface area contributed by atoms with Gasteiger partial charge < -0.3 is 10.4 Å². The SMILES string of the molecule is CC(C)(C)/N=C\c1ccc(C(=O)NC(CS)C(=O)O)nn1. The van der Waals surface area contributed by atoms with Crippen LogP contribution in [0.5, 0.6) is 0 Å². The Balaban J connectivity index is 2.76. The second-order valence-corrected chi connectivity index (χ2v) is 5.68. The zero-order valence-electron chi connectivity index (χ0n) is 12.1. The van der Waals surface area contributed by atoms with Crippen LogP contribution in [-0.2, 0) is 4.79 Å². The lowest BCUT2D eigenvalue weighted by atomic mass is 10.1. The highest BCUT2D eigenvalue weighted by atomic mass is 32.1. The van der Waals surface area contributed by atoms with Crippen molar-refractivity contribution < 1.29 is 14.7 Å². The maximum atomic E-state index is 11.8. The number of thiol groups is 1. The van der Waals surface area contributed by atoms with E-state index in [2.05, 4.69) is 33.1 Å². The van der Waals surface area contributed by atoms with Crippen molar-refractivity contribution in [1.29, 1.82) is 0 Å². The number of nitrogens with one attached hydrogen (secondary N) is 1. The van der Waals surface area contributed by atoms with Crippen LogP contribution in [0.3, 0.4) is 0 Å². The van der Waals surface area contributed by atoms with Crippen molar-refractivity contribution in [3.05, 3.63) is 23.5 Å². The lowest BCUT2D eigenvalue weighted by Gasteiger charge is -2.11. The fourth-order valence-electron chi connectivity index (χ4n) is 1.21. The van der Waals surface area contributed by atoms with Gasteiger partial charge in [0.2, 0.25) is 0 Å².